The van der Waals surface area contributed by atoms with Crippen LogP contribution in [-0.4, -0.2) is 27.4 Å². The Kier molecular flexibility index (Phi) is 2.52. The summed E-state index contributed by atoms with van der Waals surface area (Å²) in [7, 11) is 0. The molecule has 5 nitrogen and oxygen atoms in total. The van der Waals surface area contributed by atoms with Crippen molar-refractivity contribution in [1.29, 1.82) is 0 Å². The number of nitrogens with zero attached hydrogens (tertiary/aromatic N) is 2. The second kappa shape index (κ2) is 3.57. The maximum atomic E-state index is 9.56. The van der Waals surface area contributed by atoms with Crippen LogP contribution in [0, 0.1) is 12.3 Å². The van der Waals surface area contributed by atoms with Crippen molar-refractivity contribution in [3.8, 4) is 0 Å². The van der Waals surface area contributed by atoms with Crippen LogP contribution in [0.2, 0.25) is 0 Å². The second-order valence-corrected chi connectivity index (χ2v) is 4.72. The molecule has 0 amide bonds. The molecule has 1 saturated carbocycles. The molecule has 0 saturated heterocycles. The lowest BCUT2D eigenvalue weighted by Gasteiger charge is -2.49. The number of aromatic nitrogens is 2. The molecule has 1 aromatic heterocycles. The number of aryl methyl sites for hydroxylation is 1. The summed E-state index contributed by atoms with van der Waals surface area (Å²) in [6, 6.07) is 0.319. The molecule has 0 aliphatic heterocycles. The molecule has 2 N–H and O–H groups in total. The van der Waals surface area contributed by atoms with E-state index in [0.717, 1.165) is 6.42 Å². The first-order valence-corrected chi connectivity index (χ1v) is 5.20. The molecule has 1 aliphatic rings. The van der Waals surface area contributed by atoms with Crippen molar-refractivity contribution in [2.75, 3.05) is 0 Å². The number of rotatable bonds is 3. The molecule has 0 aromatic carbocycles. The maximum Gasteiger partial charge on any atom is 0.230 e. The number of aliphatic hydroxyl groups is 1. The first-order valence-electron chi connectivity index (χ1n) is 5.20. The minimum atomic E-state index is -0.209. The average molecular weight is 211 g/mol. The molecule has 0 bridgehead atoms. The molecule has 2 unspecified atom stereocenters. The third kappa shape index (κ3) is 1.89. The van der Waals surface area contributed by atoms with E-state index in [4.69, 9.17) is 4.42 Å². The second-order valence-electron chi connectivity index (χ2n) is 4.72. The average Bonchev–Trinajstić information content (AvgIpc) is 2.58. The third-order valence-corrected chi connectivity index (χ3v) is 3.28. The minimum absolute atomic E-state index is 0.0605. The molecule has 0 spiro atoms. The molecule has 2 rings (SSSR count). The largest absolute Gasteiger partial charge is 0.424 e. The van der Waals surface area contributed by atoms with Crippen LogP contribution in [-0.2, 0) is 6.54 Å². The summed E-state index contributed by atoms with van der Waals surface area (Å²) in [6.07, 6.45) is 0.583. The Morgan fingerprint density at radius 1 is 1.53 bits per heavy atom. The maximum absolute atomic E-state index is 9.56. The van der Waals surface area contributed by atoms with Crippen molar-refractivity contribution < 1.29 is 9.52 Å². The van der Waals surface area contributed by atoms with Crippen LogP contribution >= 0.6 is 0 Å². The first kappa shape index (κ1) is 10.6. The summed E-state index contributed by atoms with van der Waals surface area (Å²) < 4.78 is 5.25. The Labute approximate surface area is 88.9 Å². The molecule has 5 heteroatoms. The first-order chi connectivity index (χ1) is 7.00. The normalized spacial score (nSPS) is 28.8. The van der Waals surface area contributed by atoms with Crippen molar-refractivity contribution >= 4 is 0 Å². The zero-order valence-electron chi connectivity index (χ0n) is 9.32. The van der Waals surface area contributed by atoms with Gasteiger partial charge in [0.2, 0.25) is 11.8 Å². The van der Waals surface area contributed by atoms with Gasteiger partial charge in [0.1, 0.15) is 0 Å². The van der Waals surface area contributed by atoms with Crippen LogP contribution < -0.4 is 5.32 Å². The van der Waals surface area contributed by atoms with Gasteiger partial charge in [0.25, 0.3) is 0 Å². The summed E-state index contributed by atoms with van der Waals surface area (Å²) in [5.41, 5.74) is -0.0605. The van der Waals surface area contributed by atoms with Gasteiger partial charge in [0.15, 0.2) is 0 Å². The van der Waals surface area contributed by atoms with E-state index in [-0.39, 0.29) is 11.5 Å². The zero-order chi connectivity index (χ0) is 11.1. The highest BCUT2D eigenvalue weighted by Gasteiger charge is 2.46. The lowest BCUT2D eigenvalue weighted by Crippen LogP contribution is -2.59. The molecule has 1 aliphatic carbocycles. The van der Waals surface area contributed by atoms with Crippen LogP contribution in [0.4, 0.5) is 0 Å². The fourth-order valence-electron chi connectivity index (χ4n) is 1.87. The highest BCUT2D eigenvalue weighted by molar-refractivity contribution is 5.02. The molecule has 15 heavy (non-hydrogen) atoms. The molecular weight excluding hydrogens is 194 g/mol. The monoisotopic (exact) mass is 211 g/mol. The van der Waals surface area contributed by atoms with Gasteiger partial charge in [-0.25, -0.2) is 0 Å². The Hall–Kier alpha value is -0.940. The Morgan fingerprint density at radius 3 is 2.73 bits per heavy atom. The van der Waals surface area contributed by atoms with Crippen LogP contribution in [0.15, 0.2) is 4.42 Å². The van der Waals surface area contributed by atoms with Crippen molar-refractivity contribution in [1.82, 2.24) is 15.5 Å². The van der Waals surface area contributed by atoms with E-state index in [1.807, 2.05) is 0 Å². The highest BCUT2D eigenvalue weighted by Crippen LogP contribution is 2.40. The summed E-state index contributed by atoms with van der Waals surface area (Å²) in [5.74, 6) is 1.18. The SMILES string of the molecule is Cc1nnc(CNC2CC(O)C2(C)C)o1. The fraction of sp³-hybridized carbons (Fsp3) is 0.800. The van der Waals surface area contributed by atoms with Crippen molar-refractivity contribution in [2.24, 2.45) is 5.41 Å². The number of hydrogen-bond donors (Lipinski definition) is 2. The van der Waals surface area contributed by atoms with E-state index in [2.05, 4.69) is 29.4 Å². The van der Waals surface area contributed by atoms with Gasteiger partial charge < -0.3 is 14.8 Å². The predicted molar refractivity (Wildman–Crippen MR) is 54.1 cm³/mol. The van der Waals surface area contributed by atoms with E-state index >= 15 is 0 Å². The Morgan fingerprint density at radius 2 is 2.27 bits per heavy atom. The molecule has 1 heterocycles. The Balaban J connectivity index is 1.85. The van der Waals surface area contributed by atoms with E-state index in [0.29, 0.717) is 24.4 Å². The van der Waals surface area contributed by atoms with Gasteiger partial charge in [-0.15, -0.1) is 10.2 Å². The number of hydrogen-bond acceptors (Lipinski definition) is 5. The van der Waals surface area contributed by atoms with Gasteiger partial charge in [-0.3, -0.25) is 0 Å². The molecule has 84 valence electrons. The van der Waals surface area contributed by atoms with E-state index in [1.54, 1.807) is 6.92 Å². The van der Waals surface area contributed by atoms with Crippen molar-refractivity contribution in [2.45, 2.75) is 45.9 Å². The summed E-state index contributed by atoms with van der Waals surface area (Å²) in [5, 5.41) is 20.5. The highest BCUT2D eigenvalue weighted by atomic mass is 16.4. The summed E-state index contributed by atoms with van der Waals surface area (Å²) >= 11 is 0. The number of nitrogens with one attached hydrogen (secondary N) is 1. The van der Waals surface area contributed by atoms with E-state index in [9.17, 15) is 5.11 Å². The topological polar surface area (TPSA) is 71.2 Å². The Bertz CT molecular complexity index is 348. The summed E-state index contributed by atoms with van der Waals surface area (Å²) in [6.45, 7) is 6.45. The van der Waals surface area contributed by atoms with Crippen LogP contribution in [0.25, 0.3) is 0 Å². The van der Waals surface area contributed by atoms with Gasteiger partial charge in [-0.1, -0.05) is 13.8 Å². The van der Waals surface area contributed by atoms with Gasteiger partial charge in [0, 0.05) is 18.4 Å². The van der Waals surface area contributed by atoms with Crippen molar-refractivity contribution in [3.05, 3.63) is 11.8 Å². The van der Waals surface area contributed by atoms with Gasteiger partial charge in [-0.05, 0) is 6.42 Å². The van der Waals surface area contributed by atoms with E-state index < -0.39 is 0 Å². The molecule has 1 fully saturated rings. The van der Waals surface area contributed by atoms with Crippen LogP contribution in [0.1, 0.15) is 32.0 Å². The molecule has 1 aromatic rings. The van der Waals surface area contributed by atoms with Gasteiger partial charge in [-0.2, -0.15) is 0 Å². The van der Waals surface area contributed by atoms with E-state index in [1.165, 1.54) is 0 Å². The quantitative estimate of drug-likeness (QED) is 0.767. The fourth-order valence-corrected chi connectivity index (χ4v) is 1.87. The third-order valence-electron chi connectivity index (χ3n) is 3.28. The van der Waals surface area contributed by atoms with Gasteiger partial charge >= 0.3 is 0 Å². The lowest BCUT2D eigenvalue weighted by atomic mass is 9.64. The lowest BCUT2D eigenvalue weighted by molar-refractivity contribution is -0.0735. The van der Waals surface area contributed by atoms with Crippen LogP contribution in [0.5, 0.6) is 0 Å². The standard InChI is InChI=1S/C10H17N3O2/c1-6-12-13-9(15-6)5-11-7-4-8(14)10(7,2)3/h7-8,11,14H,4-5H2,1-3H3. The van der Waals surface area contributed by atoms with Crippen molar-refractivity contribution in [3.63, 3.8) is 0 Å². The number of aliphatic hydroxyl groups excluding tert-OH is 1. The zero-order valence-corrected chi connectivity index (χ0v) is 9.32. The van der Waals surface area contributed by atoms with Gasteiger partial charge in [0.05, 0.1) is 12.6 Å². The summed E-state index contributed by atoms with van der Waals surface area (Å²) in [4.78, 5) is 0. The predicted octanol–water partition coefficient (Wildman–Crippen LogP) is 0.627. The molecular formula is C10H17N3O2. The smallest absolute Gasteiger partial charge is 0.230 e. The van der Waals surface area contributed by atoms with Crippen LogP contribution in [0.3, 0.4) is 0 Å². The molecule has 2 atom stereocenters. The minimum Gasteiger partial charge on any atom is -0.424 e. The molecule has 0 radical (unpaired) electrons.